The Balaban J connectivity index is 0.000000494. The molecular formula is C14H20O4. The molecule has 4 heteroatoms. The van der Waals surface area contributed by atoms with E-state index in [1.807, 2.05) is 30.3 Å². The second kappa shape index (κ2) is 10.5. The van der Waals surface area contributed by atoms with Gasteiger partial charge in [-0.3, -0.25) is 0 Å². The SMILES string of the molecule is CC(O)CO.CCOC(=O)C=Cc1ccccc1. The number of aliphatic hydroxyl groups excluding tert-OH is 2. The summed E-state index contributed by atoms with van der Waals surface area (Å²) in [4.78, 5) is 10.9. The van der Waals surface area contributed by atoms with Crippen LogP contribution in [-0.2, 0) is 9.53 Å². The number of carbonyl (C=O) groups is 1. The molecular weight excluding hydrogens is 232 g/mol. The summed E-state index contributed by atoms with van der Waals surface area (Å²) in [5.74, 6) is -0.300. The van der Waals surface area contributed by atoms with Crippen LogP contribution >= 0.6 is 0 Å². The second-order valence-corrected chi connectivity index (χ2v) is 3.53. The van der Waals surface area contributed by atoms with Crippen LogP contribution in [0.4, 0.5) is 0 Å². The summed E-state index contributed by atoms with van der Waals surface area (Å²) < 4.78 is 4.74. The normalized spacial score (nSPS) is 11.6. The molecule has 0 bridgehead atoms. The average molecular weight is 252 g/mol. The molecule has 1 unspecified atom stereocenters. The van der Waals surface area contributed by atoms with Crippen molar-refractivity contribution in [2.45, 2.75) is 20.0 Å². The molecule has 0 spiro atoms. The number of aliphatic hydroxyl groups is 2. The summed E-state index contributed by atoms with van der Waals surface area (Å²) in [7, 11) is 0. The highest BCUT2D eigenvalue weighted by atomic mass is 16.5. The van der Waals surface area contributed by atoms with Gasteiger partial charge in [-0.05, 0) is 25.5 Å². The minimum Gasteiger partial charge on any atom is -0.463 e. The van der Waals surface area contributed by atoms with Gasteiger partial charge in [0.2, 0.25) is 0 Å². The number of esters is 1. The first-order valence-electron chi connectivity index (χ1n) is 5.79. The minimum absolute atomic E-state index is 0.139. The van der Waals surface area contributed by atoms with Crippen LogP contribution in [0.1, 0.15) is 19.4 Å². The van der Waals surface area contributed by atoms with Crippen molar-refractivity contribution < 1.29 is 19.7 Å². The van der Waals surface area contributed by atoms with Crippen molar-refractivity contribution in [3.05, 3.63) is 42.0 Å². The molecule has 0 aliphatic heterocycles. The van der Waals surface area contributed by atoms with E-state index in [1.165, 1.54) is 13.0 Å². The van der Waals surface area contributed by atoms with Gasteiger partial charge >= 0.3 is 5.97 Å². The van der Waals surface area contributed by atoms with E-state index in [4.69, 9.17) is 14.9 Å². The molecule has 1 rings (SSSR count). The van der Waals surface area contributed by atoms with Crippen LogP contribution < -0.4 is 0 Å². The van der Waals surface area contributed by atoms with E-state index in [-0.39, 0.29) is 12.6 Å². The Morgan fingerprint density at radius 1 is 1.39 bits per heavy atom. The van der Waals surface area contributed by atoms with Crippen molar-refractivity contribution in [1.82, 2.24) is 0 Å². The third-order valence-electron chi connectivity index (χ3n) is 1.76. The largest absolute Gasteiger partial charge is 0.463 e. The molecule has 100 valence electrons. The predicted octanol–water partition coefficient (Wildman–Crippen LogP) is 1.62. The highest BCUT2D eigenvalue weighted by Crippen LogP contribution is 2.00. The topological polar surface area (TPSA) is 66.8 Å². The predicted molar refractivity (Wildman–Crippen MR) is 70.9 cm³/mol. The monoisotopic (exact) mass is 252 g/mol. The van der Waals surface area contributed by atoms with E-state index in [2.05, 4.69) is 0 Å². The molecule has 0 aliphatic rings. The number of hydrogen-bond acceptors (Lipinski definition) is 4. The van der Waals surface area contributed by atoms with E-state index in [0.29, 0.717) is 6.61 Å². The fourth-order valence-corrected chi connectivity index (χ4v) is 0.919. The zero-order valence-electron chi connectivity index (χ0n) is 10.7. The first-order chi connectivity index (χ1) is 8.60. The lowest BCUT2D eigenvalue weighted by Gasteiger charge is -1.94. The van der Waals surface area contributed by atoms with Crippen molar-refractivity contribution in [2.24, 2.45) is 0 Å². The molecule has 0 heterocycles. The van der Waals surface area contributed by atoms with Crippen molar-refractivity contribution >= 4 is 12.0 Å². The van der Waals surface area contributed by atoms with Gasteiger partial charge in [0.1, 0.15) is 0 Å². The molecule has 0 amide bonds. The molecule has 1 aromatic rings. The Morgan fingerprint density at radius 3 is 2.39 bits per heavy atom. The maximum atomic E-state index is 10.9. The van der Waals surface area contributed by atoms with Crippen LogP contribution in [0.2, 0.25) is 0 Å². The lowest BCUT2D eigenvalue weighted by Crippen LogP contribution is -2.03. The number of ether oxygens (including phenoxy) is 1. The van der Waals surface area contributed by atoms with Crippen LogP contribution in [0.25, 0.3) is 6.08 Å². The third kappa shape index (κ3) is 9.57. The van der Waals surface area contributed by atoms with Gasteiger partial charge in [0.05, 0.1) is 19.3 Å². The van der Waals surface area contributed by atoms with Gasteiger partial charge < -0.3 is 14.9 Å². The summed E-state index contributed by atoms with van der Waals surface area (Å²) >= 11 is 0. The standard InChI is InChI=1S/C11H12O2.C3H8O2/c1-2-13-11(12)9-8-10-6-4-3-5-7-10;1-3(5)2-4/h3-9H,2H2,1H3;3-5H,2H2,1H3. The van der Waals surface area contributed by atoms with Gasteiger partial charge in [-0.15, -0.1) is 0 Å². The summed E-state index contributed by atoms with van der Waals surface area (Å²) in [6, 6.07) is 9.63. The van der Waals surface area contributed by atoms with Gasteiger partial charge in [0.25, 0.3) is 0 Å². The quantitative estimate of drug-likeness (QED) is 0.631. The fraction of sp³-hybridized carbons (Fsp3) is 0.357. The summed E-state index contributed by atoms with van der Waals surface area (Å²) in [5.41, 5.74) is 0.996. The lowest BCUT2D eigenvalue weighted by atomic mass is 10.2. The maximum Gasteiger partial charge on any atom is 0.330 e. The molecule has 0 aliphatic carbocycles. The Morgan fingerprint density at radius 2 is 1.94 bits per heavy atom. The van der Waals surface area contributed by atoms with Crippen molar-refractivity contribution in [3.8, 4) is 0 Å². The molecule has 1 atom stereocenters. The van der Waals surface area contributed by atoms with Crippen LogP contribution in [0.3, 0.4) is 0 Å². The molecule has 18 heavy (non-hydrogen) atoms. The molecule has 1 aromatic carbocycles. The van der Waals surface area contributed by atoms with E-state index in [9.17, 15) is 4.79 Å². The second-order valence-electron chi connectivity index (χ2n) is 3.53. The Bertz CT molecular complexity index is 344. The molecule has 0 radical (unpaired) electrons. The highest BCUT2D eigenvalue weighted by molar-refractivity contribution is 5.86. The van der Waals surface area contributed by atoms with Crippen LogP contribution in [0.5, 0.6) is 0 Å². The average Bonchev–Trinajstić information content (AvgIpc) is 2.38. The maximum absolute atomic E-state index is 10.9. The third-order valence-corrected chi connectivity index (χ3v) is 1.76. The van der Waals surface area contributed by atoms with Gasteiger partial charge in [-0.1, -0.05) is 30.3 Å². The first-order valence-corrected chi connectivity index (χ1v) is 5.79. The Kier molecular flexibility index (Phi) is 9.54. The van der Waals surface area contributed by atoms with Gasteiger partial charge in [0, 0.05) is 6.08 Å². The van der Waals surface area contributed by atoms with Crippen molar-refractivity contribution in [1.29, 1.82) is 0 Å². The summed E-state index contributed by atoms with van der Waals surface area (Å²) in [6.07, 6.45) is 2.60. The fourth-order valence-electron chi connectivity index (χ4n) is 0.919. The van der Waals surface area contributed by atoms with E-state index >= 15 is 0 Å². The van der Waals surface area contributed by atoms with E-state index in [0.717, 1.165) is 5.56 Å². The molecule has 0 aromatic heterocycles. The van der Waals surface area contributed by atoms with E-state index < -0.39 is 6.10 Å². The molecule has 0 saturated carbocycles. The molecule has 2 N–H and O–H groups in total. The van der Waals surface area contributed by atoms with Crippen LogP contribution in [0, 0.1) is 0 Å². The van der Waals surface area contributed by atoms with Crippen LogP contribution in [0.15, 0.2) is 36.4 Å². The zero-order chi connectivity index (χ0) is 13.8. The molecule has 4 nitrogen and oxygen atoms in total. The summed E-state index contributed by atoms with van der Waals surface area (Å²) in [5, 5.41) is 16.0. The van der Waals surface area contributed by atoms with Crippen molar-refractivity contribution in [2.75, 3.05) is 13.2 Å². The first kappa shape index (κ1) is 16.4. The van der Waals surface area contributed by atoms with Crippen molar-refractivity contribution in [3.63, 3.8) is 0 Å². The Labute approximate surface area is 108 Å². The number of carbonyl (C=O) groups excluding carboxylic acids is 1. The Hall–Kier alpha value is -1.65. The van der Waals surface area contributed by atoms with Gasteiger partial charge in [-0.25, -0.2) is 4.79 Å². The number of hydrogen-bond donors (Lipinski definition) is 2. The number of benzene rings is 1. The van der Waals surface area contributed by atoms with Crippen LogP contribution in [-0.4, -0.2) is 35.5 Å². The highest BCUT2D eigenvalue weighted by Gasteiger charge is 1.92. The lowest BCUT2D eigenvalue weighted by molar-refractivity contribution is -0.137. The molecule has 0 saturated heterocycles. The summed E-state index contributed by atoms with van der Waals surface area (Å²) in [6.45, 7) is 3.59. The van der Waals surface area contributed by atoms with Gasteiger partial charge in [-0.2, -0.15) is 0 Å². The zero-order valence-corrected chi connectivity index (χ0v) is 10.7. The smallest absolute Gasteiger partial charge is 0.330 e. The number of rotatable bonds is 4. The van der Waals surface area contributed by atoms with Gasteiger partial charge in [0.15, 0.2) is 0 Å². The minimum atomic E-state index is -0.560. The molecule has 0 fully saturated rings. The van der Waals surface area contributed by atoms with E-state index in [1.54, 1.807) is 13.0 Å².